The van der Waals surface area contributed by atoms with Crippen molar-refractivity contribution in [1.82, 2.24) is 10.2 Å². The third kappa shape index (κ3) is 8.32. The molecule has 0 saturated heterocycles. The Balaban J connectivity index is 1.99. The summed E-state index contributed by atoms with van der Waals surface area (Å²) < 4.78 is 28.9. The third-order valence-corrected chi connectivity index (χ3v) is 8.56. The number of hydrogen-bond donors (Lipinski definition) is 1. The van der Waals surface area contributed by atoms with Gasteiger partial charge in [0.1, 0.15) is 12.6 Å². The van der Waals surface area contributed by atoms with Crippen LogP contribution in [0.25, 0.3) is 0 Å². The van der Waals surface area contributed by atoms with Crippen molar-refractivity contribution in [2.45, 2.75) is 51.5 Å². The maximum Gasteiger partial charge on any atom is 0.264 e. The van der Waals surface area contributed by atoms with Crippen LogP contribution >= 0.6 is 11.6 Å². The summed E-state index contributed by atoms with van der Waals surface area (Å²) in [5.74, 6) is -0.460. The van der Waals surface area contributed by atoms with Crippen LogP contribution in [0.1, 0.15) is 38.3 Å². The first kappa shape index (κ1) is 31.2. The summed E-state index contributed by atoms with van der Waals surface area (Å²) in [5, 5.41) is 3.35. The molecule has 3 aromatic rings. The standard InChI is InChI=1S/C31H38ClN3O4S/c1-5-29(31(37)33-21-23(2)3)34(19-18-25-11-7-6-8-12-25)30(36)22-35(27-13-9-10-24(4)20-27)40(38,39)28-16-14-26(32)15-17-28/h6-17,20,23,29H,5,18-19,21-22H2,1-4H3,(H,33,37). The lowest BCUT2D eigenvalue weighted by atomic mass is 10.1. The normalized spacial score (nSPS) is 12.2. The first-order valence-corrected chi connectivity index (χ1v) is 15.3. The second kappa shape index (κ2) is 14.3. The Morgan fingerprint density at radius 3 is 2.23 bits per heavy atom. The van der Waals surface area contributed by atoms with Crippen molar-refractivity contribution < 1.29 is 18.0 Å². The number of rotatable bonds is 13. The predicted octanol–water partition coefficient (Wildman–Crippen LogP) is 5.47. The molecule has 214 valence electrons. The first-order chi connectivity index (χ1) is 19.0. The number of carbonyl (C=O) groups excluding carboxylic acids is 2. The monoisotopic (exact) mass is 583 g/mol. The number of sulfonamides is 1. The molecule has 0 saturated carbocycles. The Hall–Kier alpha value is -3.36. The lowest BCUT2D eigenvalue weighted by Gasteiger charge is -2.33. The van der Waals surface area contributed by atoms with Crippen LogP contribution in [0.3, 0.4) is 0 Å². The van der Waals surface area contributed by atoms with E-state index in [9.17, 15) is 18.0 Å². The van der Waals surface area contributed by atoms with Gasteiger partial charge < -0.3 is 10.2 Å². The summed E-state index contributed by atoms with van der Waals surface area (Å²) in [4.78, 5) is 28.8. The molecule has 0 fully saturated rings. The lowest BCUT2D eigenvalue weighted by Crippen LogP contribution is -2.53. The Labute approximate surface area is 243 Å². The second-order valence-corrected chi connectivity index (χ2v) is 12.5. The van der Waals surface area contributed by atoms with Gasteiger partial charge in [-0.05, 0) is 73.2 Å². The minimum absolute atomic E-state index is 0.0174. The maximum atomic E-state index is 14.0. The maximum absolute atomic E-state index is 14.0. The van der Waals surface area contributed by atoms with Crippen molar-refractivity contribution >= 4 is 39.1 Å². The second-order valence-electron chi connectivity index (χ2n) is 10.2. The molecule has 0 heterocycles. The molecule has 0 aromatic heterocycles. The van der Waals surface area contributed by atoms with E-state index in [1.807, 2.05) is 64.1 Å². The van der Waals surface area contributed by atoms with E-state index in [4.69, 9.17) is 11.6 Å². The Kier molecular flexibility index (Phi) is 11.2. The smallest absolute Gasteiger partial charge is 0.264 e. The molecule has 7 nitrogen and oxygen atoms in total. The highest BCUT2D eigenvalue weighted by Gasteiger charge is 2.33. The van der Waals surface area contributed by atoms with Crippen LogP contribution < -0.4 is 9.62 Å². The summed E-state index contributed by atoms with van der Waals surface area (Å²) in [6.07, 6.45) is 0.910. The van der Waals surface area contributed by atoms with Crippen LogP contribution in [0.2, 0.25) is 5.02 Å². The number of benzene rings is 3. The van der Waals surface area contributed by atoms with E-state index < -0.39 is 28.5 Å². The van der Waals surface area contributed by atoms with E-state index >= 15 is 0 Å². The van der Waals surface area contributed by atoms with Gasteiger partial charge in [-0.15, -0.1) is 0 Å². The fourth-order valence-corrected chi connectivity index (χ4v) is 5.90. The number of nitrogens with one attached hydrogen (secondary N) is 1. The summed E-state index contributed by atoms with van der Waals surface area (Å²) in [6.45, 7) is 8.00. The van der Waals surface area contributed by atoms with E-state index in [1.54, 1.807) is 18.2 Å². The van der Waals surface area contributed by atoms with E-state index in [0.29, 0.717) is 30.1 Å². The third-order valence-electron chi connectivity index (χ3n) is 6.52. The average Bonchev–Trinajstić information content (AvgIpc) is 2.93. The molecule has 1 atom stereocenters. The van der Waals surface area contributed by atoms with E-state index in [0.717, 1.165) is 15.4 Å². The highest BCUT2D eigenvalue weighted by atomic mass is 35.5. The quantitative estimate of drug-likeness (QED) is 0.289. The van der Waals surface area contributed by atoms with E-state index in [1.165, 1.54) is 29.2 Å². The number of aryl methyl sites for hydroxylation is 1. The predicted molar refractivity (Wildman–Crippen MR) is 161 cm³/mol. The molecule has 1 unspecified atom stereocenters. The van der Waals surface area contributed by atoms with Gasteiger partial charge in [0.15, 0.2) is 0 Å². The molecule has 3 rings (SSSR count). The molecule has 0 aliphatic rings. The SMILES string of the molecule is CCC(C(=O)NCC(C)C)N(CCc1ccccc1)C(=O)CN(c1cccc(C)c1)S(=O)(=O)c1ccc(Cl)cc1. The molecule has 3 aromatic carbocycles. The van der Waals surface area contributed by atoms with Crippen LogP contribution in [0.4, 0.5) is 5.69 Å². The van der Waals surface area contributed by atoms with Gasteiger partial charge in [-0.1, -0.05) is 74.8 Å². The Morgan fingerprint density at radius 1 is 0.950 bits per heavy atom. The highest BCUT2D eigenvalue weighted by molar-refractivity contribution is 7.92. The Morgan fingerprint density at radius 2 is 1.62 bits per heavy atom. The zero-order valence-corrected chi connectivity index (χ0v) is 25.1. The van der Waals surface area contributed by atoms with Crippen LogP contribution in [0, 0.1) is 12.8 Å². The average molecular weight is 584 g/mol. The number of amides is 2. The molecule has 2 amide bonds. The fourth-order valence-electron chi connectivity index (χ4n) is 4.36. The van der Waals surface area contributed by atoms with Crippen molar-refractivity contribution in [3.63, 3.8) is 0 Å². The molecule has 40 heavy (non-hydrogen) atoms. The molecular weight excluding hydrogens is 546 g/mol. The Bertz CT molecular complexity index is 1380. The summed E-state index contributed by atoms with van der Waals surface area (Å²) in [5.41, 5.74) is 2.23. The molecule has 0 aliphatic heterocycles. The molecule has 0 aliphatic carbocycles. The van der Waals surface area contributed by atoms with E-state index in [-0.39, 0.29) is 23.3 Å². The number of nitrogens with zero attached hydrogens (tertiary/aromatic N) is 2. The zero-order chi connectivity index (χ0) is 29.3. The largest absolute Gasteiger partial charge is 0.354 e. The van der Waals surface area contributed by atoms with Crippen LogP contribution in [-0.4, -0.2) is 50.8 Å². The molecule has 1 N–H and O–H groups in total. The number of halogens is 1. The molecule has 9 heteroatoms. The zero-order valence-electron chi connectivity index (χ0n) is 23.5. The highest BCUT2D eigenvalue weighted by Crippen LogP contribution is 2.26. The van der Waals surface area contributed by atoms with Crippen molar-refractivity contribution in [2.75, 3.05) is 23.9 Å². The van der Waals surface area contributed by atoms with Crippen LogP contribution in [-0.2, 0) is 26.0 Å². The van der Waals surface area contributed by atoms with Gasteiger partial charge in [-0.25, -0.2) is 8.42 Å². The van der Waals surface area contributed by atoms with Gasteiger partial charge >= 0.3 is 0 Å². The van der Waals surface area contributed by atoms with Gasteiger partial charge in [0.25, 0.3) is 10.0 Å². The van der Waals surface area contributed by atoms with Crippen molar-refractivity contribution in [1.29, 1.82) is 0 Å². The summed E-state index contributed by atoms with van der Waals surface area (Å²) in [6, 6.07) is 21.8. The first-order valence-electron chi connectivity index (χ1n) is 13.5. The van der Waals surface area contributed by atoms with Crippen LogP contribution in [0.15, 0.2) is 83.8 Å². The van der Waals surface area contributed by atoms with Crippen molar-refractivity contribution in [3.8, 4) is 0 Å². The summed E-state index contributed by atoms with van der Waals surface area (Å²) >= 11 is 6.01. The lowest BCUT2D eigenvalue weighted by molar-refractivity contribution is -0.139. The minimum atomic E-state index is -4.13. The minimum Gasteiger partial charge on any atom is -0.354 e. The molecule has 0 spiro atoms. The summed E-state index contributed by atoms with van der Waals surface area (Å²) in [7, 11) is -4.13. The van der Waals surface area contributed by atoms with Gasteiger partial charge in [0.05, 0.1) is 10.6 Å². The van der Waals surface area contributed by atoms with Gasteiger partial charge in [0.2, 0.25) is 11.8 Å². The van der Waals surface area contributed by atoms with Gasteiger partial charge in [0, 0.05) is 18.1 Å². The number of carbonyl (C=O) groups is 2. The molecule has 0 radical (unpaired) electrons. The topological polar surface area (TPSA) is 86.8 Å². The molecule has 0 bridgehead atoms. The van der Waals surface area contributed by atoms with Gasteiger partial charge in [-0.3, -0.25) is 13.9 Å². The van der Waals surface area contributed by atoms with Crippen LogP contribution in [0.5, 0.6) is 0 Å². The molecular formula is C31H38ClN3O4S. The van der Waals surface area contributed by atoms with Crippen molar-refractivity contribution in [3.05, 3.63) is 95.0 Å². The number of hydrogen-bond acceptors (Lipinski definition) is 4. The number of anilines is 1. The van der Waals surface area contributed by atoms with Crippen molar-refractivity contribution in [2.24, 2.45) is 5.92 Å². The van der Waals surface area contributed by atoms with Gasteiger partial charge in [-0.2, -0.15) is 0 Å². The van der Waals surface area contributed by atoms with E-state index in [2.05, 4.69) is 5.32 Å². The fraction of sp³-hybridized carbons (Fsp3) is 0.355.